The van der Waals surface area contributed by atoms with Crippen LogP contribution in [0.15, 0.2) is 103 Å². The van der Waals surface area contributed by atoms with Crippen molar-refractivity contribution in [2.45, 2.75) is 0 Å². The van der Waals surface area contributed by atoms with E-state index in [1.54, 1.807) is 23.3 Å². The quantitative estimate of drug-likeness (QED) is 0.323. The maximum absolute atomic E-state index is 5.00. The van der Waals surface area contributed by atoms with Crippen molar-refractivity contribution in [3.05, 3.63) is 103 Å². The Morgan fingerprint density at radius 3 is 1.74 bits per heavy atom. The Hall–Kier alpha value is -5.04. The van der Waals surface area contributed by atoms with Crippen LogP contribution in [0.1, 0.15) is 0 Å². The Morgan fingerprint density at radius 1 is 0.514 bits per heavy atom. The van der Waals surface area contributed by atoms with Gasteiger partial charge in [0.05, 0.1) is 22.4 Å². The number of benzene rings is 3. The van der Waals surface area contributed by atoms with Crippen LogP contribution in [0.5, 0.6) is 0 Å². The summed E-state index contributed by atoms with van der Waals surface area (Å²) in [6.07, 6.45) is 3.44. The monoisotopic (exact) mass is 451 g/mol. The summed E-state index contributed by atoms with van der Waals surface area (Å²) in [4.78, 5) is 20.2. The zero-order valence-corrected chi connectivity index (χ0v) is 18.4. The molecule has 0 spiro atoms. The first-order chi connectivity index (χ1) is 17.3. The molecule has 0 saturated carbocycles. The number of aromatic nitrogens is 7. The minimum atomic E-state index is 0.595. The van der Waals surface area contributed by atoms with Gasteiger partial charge in [-0.2, -0.15) is 4.80 Å². The van der Waals surface area contributed by atoms with Gasteiger partial charge in [-0.15, -0.1) is 10.2 Å². The van der Waals surface area contributed by atoms with Crippen LogP contribution >= 0.6 is 0 Å². The predicted octanol–water partition coefficient (Wildman–Crippen LogP) is 5.64. The fourth-order valence-electron chi connectivity index (χ4n) is 4.23. The Kier molecular flexibility index (Phi) is 4.32. The summed E-state index contributed by atoms with van der Waals surface area (Å²) < 4.78 is 0. The molecule has 0 bridgehead atoms. The van der Waals surface area contributed by atoms with Crippen LogP contribution in [0.4, 0.5) is 0 Å². The minimum Gasteiger partial charge on any atom is -0.245 e. The van der Waals surface area contributed by atoms with E-state index < -0.39 is 0 Å². The summed E-state index contributed by atoms with van der Waals surface area (Å²) in [5, 5.41) is 11.2. The number of pyridine rings is 2. The van der Waals surface area contributed by atoms with Crippen molar-refractivity contribution in [2.75, 3.05) is 0 Å². The van der Waals surface area contributed by atoms with Gasteiger partial charge in [-0.3, -0.25) is 0 Å². The SMILES string of the molecule is c1cnc(-c2ccc3ccc4ccc(-c5ccc(-n6nc7ccccc7n6)cc5)nc4c3n2)nc1. The molecule has 7 nitrogen and oxygen atoms in total. The van der Waals surface area contributed by atoms with Gasteiger partial charge >= 0.3 is 0 Å². The van der Waals surface area contributed by atoms with E-state index in [1.165, 1.54) is 0 Å². The lowest BCUT2D eigenvalue weighted by molar-refractivity contribution is 0.766. The summed E-state index contributed by atoms with van der Waals surface area (Å²) in [6.45, 7) is 0. The number of rotatable bonds is 3. The van der Waals surface area contributed by atoms with E-state index in [0.717, 1.165) is 55.5 Å². The van der Waals surface area contributed by atoms with Crippen molar-refractivity contribution < 1.29 is 0 Å². The van der Waals surface area contributed by atoms with Gasteiger partial charge in [0, 0.05) is 28.7 Å². The molecule has 0 aliphatic carbocycles. The topological polar surface area (TPSA) is 82.3 Å². The van der Waals surface area contributed by atoms with Crippen molar-refractivity contribution in [3.63, 3.8) is 0 Å². The molecule has 4 aromatic heterocycles. The second-order valence-corrected chi connectivity index (χ2v) is 8.20. The average Bonchev–Trinajstić information content (AvgIpc) is 3.37. The van der Waals surface area contributed by atoms with E-state index in [1.807, 2.05) is 66.7 Å². The molecule has 164 valence electrons. The molecule has 0 amide bonds. The fraction of sp³-hybridized carbons (Fsp3) is 0. The first-order valence-corrected chi connectivity index (χ1v) is 11.2. The standard InChI is InChI=1S/C28H17N7/c1-2-5-24-23(4-1)33-35(34-24)21-12-8-18(9-13-21)22-14-10-19-6-7-20-11-15-25(28-29-16-3-17-30-28)32-27(20)26(19)31-22/h1-17H. The van der Waals surface area contributed by atoms with Gasteiger partial charge in [-0.1, -0.05) is 48.5 Å². The average molecular weight is 451 g/mol. The molecule has 0 aliphatic rings. The lowest BCUT2D eigenvalue weighted by Crippen LogP contribution is -1.98. The maximum atomic E-state index is 5.00. The molecular formula is C28H17N7. The van der Waals surface area contributed by atoms with E-state index in [0.29, 0.717) is 5.82 Å². The molecule has 7 rings (SSSR count). The second kappa shape index (κ2) is 7.78. The number of nitrogens with zero attached hydrogens (tertiary/aromatic N) is 7. The van der Waals surface area contributed by atoms with Crippen molar-refractivity contribution in [1.29, 1.82) is 0 Å². The molecule has 0 N–H and O–H groups in total. The van der Waals surface area contributed by atoms with Crippen LogP contribution in [0, 0.1) is 0 Å². The molecule has 0 radical (unpaired) electrons. The van der Waals surface area contributed by atoms with Crippen molar-refractivity contribution in [2.24, 2.45) is 0 Å². The Balaban J connectivity index is 1.31. The van der Waals surface area contributed by atoms with Crippen LogP contribution in [-0.4, -0.2) is 34.9 Å². The summed E-state index contributed by atoms with van der Waals surface area (Å²) in [6, 6.07) is 30.0. The lowest BCUT2D eigenvalue weighted by Gasteiger charge is -2.08. The number of hydrogen-bond donors (Lipinski definition) is 0. The number of hydrogen-bond acceptors (Lipinski definition) is 6. The van der Waals surface area contributed by atoms with Crippen molar-refractivity contribution in [1.82, 2.24) is 34.9 Å². The van der Waals surface area contributed by atoms with E-state index >= 15 is 0 Å². The van der Waals surface area contributed by atoms with E-state index in [2.05, 4.69) is 38.4 Å². The van der Waals surface area contributed by atoms with Gasteiger partial charge in [-0.25, -0.2) is 19.9 Å². The lowest BCUT2D eigenvalue weighted by atomic mass is 10.1. The van der Waals surface area contributed by atoms with Crippen LogP contribution in [0.25, 0.3) is 61.3 Å². The highest BCUT2D eigenvalue weighted by atomic mass is 15.5. The normalized spacial score (nSPS) is 11.4. The van der Waals surface area contributed by atoms with Gasteiger partial charge < -0.3 is 0 Å². The number of fused-ring (bicyclic) bond motifs is 4. The molecule has 35 heavy (non-hydrogen) atoms. The first kappa shape index (κ1) is 19.4. The Labute approximate surface area is 199 Å². The third-order valence-corrected chi connectivity index (χ3v) is 6.00. The van der Waals surface area contributed by atoms with Crippen molar-refractivity contribution in [3.8, 4) is 28.5 Å². The maximum Gasteiger partial charge on any atom is 0.178 e. The Morgan fingerprint density at radius 2 is 1.09 bits per heavy atom. The molecule has 7 heteroatoms. The third-order valence-electron chi connectivity index (χ3n) is 6.00. The highest BCUT2D eigenvalue weighted by molar-refractivity contribution is 6.04. The van der Waals surface area contributed by atoms with Gasteiger partial charge in [0.15, 0.2) is 5.82 Å². The molecule has 4 heterocycles. The largest absolute Gasteiger partial charge is 0.245 e. The van der Waals surface area contributed by atoms with E-state index in [-0.39, 0.29) is 0 Å². The van der Waals surface area contributed by atoms with Gasteiger partial charge in [0.1, 0.15) is 16.7 Å². The highest BCUT2D eigenvalue weighted by Gasteiger charge is 2.10. The smallest absolute Gasteiger partial charge is 0.178 e. The van der Waals surface area contributed by atoms with E-state index in [9.17, 15) is 0 Å². The zero-order chi connectivity index (χ0) is 23.2. The minimum absolute atomic E-state index is 0.595. The molecular weight excluding hydrogens is 434 g/mol. The first-order valence-electron chi connectivity index (χ1n) is 11.2. The summed E-state index contributed by atoms with van der Waals surface area (Å²) in [7, 11) is 0. The molecule has 0 fully saturated rings. The van der Waals surface area contributed by atoms with Gasteiger partial charge in [-0.05, 0) is 42.5 Å². The molecule has 7 aromatic rings. The Bertz CT molecular complexity index is 1810. The molecule has 0 aliphatic heterocycles. The second-order valence-electron chi connectivity index (χ2n) is 8.20. The fourth-order valence-corrected chi connectivity index (χ4v) is 4.23. The predicted molar refractivity (Wildman–Crippen MR) is 136 cm³/mol. The zero-order valence-electron chi connectivity index (χ0n) is 18.4. The van der Waals surface area contributed by atoms with Crippen LogP contribution < -0.4 is 0 Å². The highest BCUT2D eigenvalue weighted by Crippen LogP contribution is 2.28. The molecule has 0 saturated heterocycles. The van der Waals surface area contributed by atoms with Crippen molar-refractivity contribution >= 4 is 32.8 Å². The van der Waals surface area contributed by atoms with Gasteiger partial charge in [0.2, 0.25) is 0 Å². The third kappa shape index (κ3) is 3.38. The van der Waals surface area contributed by atoms with Crippen LogP contribution in [0.3, 0.4) is 0 Å². The summed E-state index contributed by atoms with van der Waals surface area (Å²) >= 11 is 0. The van der Waals surface area contributed by atoms with Crippen LogP contribution in [0.2, 0.25) is 0 Å². The van der Waals surface area contributed by atoms with E-state index in [4.69, 9.17) is 9.97 Å². The molecule has 0 unspecified atom stereocenters. The molecule has 3 aromatic carbocycles. The van der Waals surface area contributed by atoms with Crippen LogP contribution in [-0.2, 0) is 0 Å². The molecule has 0 atom stereocenters. The summed E-state index contributed by atoms with van der Waals surface area (Å²) in [5.41, 5.74) is 6.91. The van der Waals surface area contributed by atoms with Gasteiger partial charge in [0.25, 0.3) is 0 Å². The summed E-state index contributed by atoms with van der Waals surface area (Å²) in [5.74, 6) is 0.595.